The molecule has 2 N–H and O–H groups in total. The van der Waals surface area contributed by atoms with Crippen LogP contribution < -0.4 is 10.6 Å². The Bertz CT molecular complexity index is 657. The van der Waals surface area contributed by atoms with E-state index < -0.39 is 0 Å². The van der Waals surface area contributed by atoms with Crippen molar-refractivity contribution in [3.05, 3.63) is 35.4 Å². The van der Waals surface area contributed by atoms with Gasteiger partial charge in [-0.1, -0.05) is 24.3 Å². The van der Waals surface area contributed by atoms with E-state index >= 15 is 0 Å². The summed E-state index contributed by atoms with van der Waals surface area (Å²) in [5.41, 5.74) is 2.19. The fraction of sp³-hybridized carbons (Fsp3) is 0.526. The van der Waals surface area contributed by atoms with Crippen molar-refractivity contribution in [3.63, 3.8) is 0 Å². The normalized spacial score (nSPS) is 14.5. The summed E-state index contributed by atoms with van der Waals surface area (Å²) in [5.74, 6) is 0.841. The van der Waals surface area contributed by atoms with E-state index in [1.807, 2.05) is 30.0 Å². The van der Waals surface area contributed by atoms with Crippen molar-refractivity contribution in [2.45, 2.75) is 32.9 Å². The molecule has 0 saturated carbocycles. The third kappa shape index (κ3) is 6.06. The Morgan fingerprint density at radius 2 is 2.04 bits per heavy atom. The van der Waals surface area contributed by atoms with Crippen LogP contribution in [0.1, 0.15) is 30.9 Å². The van der Waals surface area contributed by atoms with Crippen molar-refractivity contribution in [3.8, 4) is 0 Å². The van der Waals surface area contributed by atoms with Crippen molar-refractivity contribution in [2.75, 3.05) is 33.7 Å². The van der Waals surface area contributed by atoms with E-state index in [1.165, 1.54) is 0 Å². The predicted molar refractivity (Wildman–Crippen MR) is 103 cm³/mol. The van der Waals surface area contributed by atoms with Crippen molar-refractivity contribution < 1.29 is 9.59 Å². The van der Waals surface area contributed by atoms with Gasteiger partial charge in [-0.25, -0.2) is 4.99 Å². The van der Waals surface area contributed by atoms with Gasteiger partial charge in [0.25, 0.3) is 0 Å². The summed E-state index contributed by atoms with van der Waals surface area (Å²) < 4.78 is 0. The first kappa shape index (κ1) is 19.8. The third-order valence-corrected chi connectivity index (χ3v) is 4.21. The van der Waals surface area contributed by atoms with Gasteiger partial charge in [0, 0.05) is 40.2 Å². The minimum absolute atomic E-state index is 0.00659. The maximum Gasteiger partial charge on any atom is 0.241 e. The number of rotatable bonds is 7. The topological polar surface area (TPSA) is 77.0 Å². The number of likely N-dealkylation sites (N-methyl/N-ethyl adjacent to an activating group) is 1. The molecule has 7 nitrogen and oxygen atoms in total. The summed E-state index contributed by atoms with van der Waals surface area (Å²) in [4.78, 5) is 31.5. The van der Waals surface area contributed by atoms with Gasteiger partial charge < -0.3 is 20.4 Å². The van der Waals surface area contributed by atoms with Crippen LogP contribution in [0.3, 0.4) is 0 Å². The minimum atomic E-state index is -0.00659. The van der Waals surface area contributed by atoms with E-state index in [0.717, 1.165) is 30.6 Å². The Labute approximate surface area is 155 Å². The molecule has 142 valence electrons. The molecule has 2 rings (SSSR count). The summed E-state index contributed by atoms with van der Waals surface area (Å²) in [6, 6.07) is 8.14. The molecule has 0 bridgehead atoms. The number of hydrogen-bond acceptors (Lipinski definition) is 3. The molecule has 0 unspecified atom stereocenters. The van der Waals surface area contributed by atoms with E-state index in [4.69, 9.17) is 0 Å². The summed E-state index contributed by atoms with van der Waals surface area (Å²) >= 11 is 0. The molecule has 1 aliphatic rings. The molecule has 1 aromatic carbocycles. The van der Waals surface area contributed by atoms with Crippen LogP contribution in [0.4, 0.5) is 0 Å². The van der Waals surface area contributed by atoms with Gasteiger partial charge in [0.1, 0.15) is 0 Å². The van der Waals surface area contributed by atoms with Crippen LogP contribution in [0, 0.1) is 0 Å². The van der Waals surface area contributed by atoms with Crippen LogP contribution in [0.2, 0.25) is 0 Å². The van der Waals surface area contributed by atoms with Crippen molar-refractivity contribution in [2.24, 2.45) is 4.99 Å². The van der Waals surface area contributed by atoms with Crippen molar-refractivity contribution in [1.82, 2.24) is 20.4 Å². The Hall–Kier alpha value is -2.57. The monoisotopic (exact) mass is 359 g/mol. The molecule has 26 heavy (non-hydrogen) atoms. The number of amides is 2. The van der Waals surface area contributed by atoms with E-state index in [1.54, 1.807) is 19.0 Å². The minimum Gasteiger partial charge on any atom is -0.357 e. The average Bonchev–Trinajstić information content (AvgIpc) is 3.02. The van der Waals surface area contributed by atoms with Gasteiger partial charge in [-0.15, -0.1) is 0 Å². The predicted octanol–water partition coefficient (Wildman–Crippen LogP) is 0.952. The van der Waals surface area contributed by atoms with Gasteiger partial charge in [-0.3, -0.25) is 9.59 Å². The lowest BCUT2D eigenvalue weighted by molar-refractivity contribution is -0.128. The van der Waals surface area contributed by atoms with Crippen LogP contribution >= 0.6 is 0 Å². The Morgan fingerprint density at radius 3 is 2.69 bits per heavy atom. The summed E-state index contributed by atoms with van der Waals surface area (Å²) in [6.07, 6.45) is 1.61. The highest BCUT2D eigenvalue weighted by Crippen LogP contribution is 2.15. The highest BCUT2D eigenvalue weighted by Gasteiger charge is 2.19. The SMILES string of the molecule is CCNC(=NCc1cccc(CN2CCCC2=O)c1)NCC(=O)N(C)C. The molecule has 1 fully saturated rings. The highest BCUT2D eigenvalue weighted by atomic mass is 16.2. The number of likely N-dealkylation sites (tertiary alicyclic amines) is 1. The zero-order chi connectivity index (χ0) is 18.9. The first-order valence-corrected chi connectivity index (χ1v) is 9.07. The summed E-state index contributed by atoms with van der Waals surface area (Å²) in [5, 5.41) is 6.19. The Morgan fingerprint density at radius 1 is 1.27 bits per heavy atom. The van der Waals surface area contributed by atoms with E-state index in [-0.39, 0.29) is 18.4 Å². The second-order valence-electron chi connectivity index (χ2n) is 6.58. The van der Waals surface area contributed by atoms with Crippen molar-refractivity contribution >= 4 is 17.8 Å². The van der Waals surface area contributed by atoms with Crippen molar-refractivity contribution in [1.29, 1.82) is 0 Å². The van der Waals surface area contributed by atoms with Gasteiger partial charge in [0.2, 0.25) is 11.8 Å². The van der Waals surface area contributed by atoms with Gasteiger partial charge in [-0.05, 0) is 24.5 Å². The van der Waals surface area contributed by atoms with Crippen LogP contribution in [-0.2, 0) is 22.7 Å². The van der Waals surface area contributed by atoms with Gasteiger partial charge in [0.15, 0.2) is 5.96 Å². The molecule has 0 spiro atoms. The van der Waals surface area contributed by atoms with Crippen LogP contribution in [0.25, 0.3) is 0 Å². The highest BCUT2D eigenvalue weighted by molar-refractivity contribution is 5.86. The first-order valence-electron chi connectivity index (χ1n) is 9.07. The molecule has 1 heterocycles. The van der Waals surface area contributed by atoms with Gasteiger partial charge in [-0.2, -0.15) is 0 Å². The Kier molecular flexibility index (Phi) is 7.44. The number of guanidine groups is 1. The molecule has 0 aliphatic carbocycles. The summed E-state index contributed by atoms with van der Waals surface area (Å²) in [7, 11) is 3.45. The molecular formula is C19H29N5O2. The van der Waals surface area contributed by atoms with E-state index in [0.29, 0.717) is 25.5 Å². The molecule has 1 aliphatic heterocycles. The number of nitrogens with one attached hydrogen (secondary N) is 2. The second kappa shape index (κ2) is 9.79. The molecule has 7 heteroatoms. The second-order valence-corrected chi connectivity index (χ2v) is 6.58. The smallest absolute Gasteiger partial charge is 0.241 e. The zero-order valence-electron chi connectivity index (χ0n) is 15.9. The van der Waals surface area contributed by atoms with E-state index in [2.05, 4.69) is 21.7 Å². The number of nitrogens with zero attached hydrogens (tertiary/aromatic N) is 3. The fourth-order valence-electron chi connectivity index (χ4n) is 2.75. The zero-order valence-corrected chi connectivity index (χ0v) is 15.9. The molecule has 1 aromatic rings. The number of aliphatic imine (C=N–C) groups is 1. The number of carbonyl (C=O) groups is 2. The van der Waals surface area contributed by atoms with Crippen LogP contribution in [0.5, 0.6) is 0 Å². The van der Waals surface area contributed by atoms with Crippen LogP contribution in [-0.4, -0.2) is 61.3 Å². The molecule has 0 atom stereocenters. The average molecular weight is 359 g/mol. The number of benzene rings is 1. The number of carbonyl (C=O) groups excluding carboxylic acids is 2. The van der Waals surface area contributed by atoms with Gasteiger partial charge >= 0.3 is 0 Å². The molecule has 2 amide bonds. The maximum absolute atomic E-state index is 11.8. The lowest BCUT2D eigenvalue weighted by Crippen LogP contribution is -2.42. The molecule has 0 radical (unpaired) electrons. The lowest BCUT2D eigenvalue weighted by atomic mass is 10.1. The fourth-order valence-corrected chi connectivity index (χ4v) is 2.75. The summed E-state index contributed by atoms with van der Waals surface area (Å²) in [6.45, 7) is 4.92. The largest absolute Gasteiger partial charge is 0.357 e. The Balaban J connectivity index is 1.96. The molecular weight excluding hydrogens is 330 g/mol. The third-order valence-electron chi connectivity index (χ3n) is 4.21. The molecule has 1 saturated heterocycles. The first-order chi connectivity index (χ1) is 12.5. The molecule has 0 aromatic heterocycles. The number of hydrogen-bond donors (Lipinski definition) is 2. The van der Waals surface area contributed by atoms with Crippen LogP contribution in [0.15, 0.2) is 29.3 Å². The quantitative estimate of drug-likeness (QED) is 0.561. The van der Waals surface area contributed by atoms with E-state index in [9.17, 15) is 9.59 Å². The van der Waals surface area contributed by atoms with Gasteiger partial charge in [0.05, 0.1) is 13.1 Å². The standard InChI is InChI=1S/C19H29N5O2/c1-4-20-19(22-13-18(26)23(2)3)21-12-15-7-5-8-16(11-15)14-24-10-6-9-17(24)25/h5,7-8,11H,4,6,9-10,12-14H2,1-3H3,(H2,20,21,22). The lowest BCUT2D eigenvalue weighted by Gasteiger charge is -2.16. The maximum atomic E-state index is 11.8.